The molecule has 0 aliphatic rings. The van der Waals surface area contributed by atoms with Crippen LogP contribution in [0.25, 0.3) is 11.2 Å². The Kier molecular flexibility index (Phi) is 1.57. The number of imidazole rings is 1. The highest BCUT2D eigenvalue weighted by Gasteiger charge is 2.00. The van der Waals surface area contributed by atoms with Crippen LogP contribution < -0.4 is 0 Å². The lowest BCUT2D eigenvalue weighted by Gasteiger charge is -1.96. The molecule has 0 aliphatic carbocycles. The van der Waals surface area contributed by atoms with Gasteiger partial charge in [0.25, 0.3) is 0 Å². The fraction of sp³-hybridized carbons (Fsp3) is 0.333. The average molecular weight is 161 g/mol. The molecule has 0 saturated heterocycles. The predicted molar refractivity (Wildman–Crippen MR) is 47.9 cm³/mol. The van der Waals surface area contributed by atoms with E-state index in [9.17, 15) is 0 Å². The van der Waals surface area contributed by atoms with Gasteiger partial charge in [-0.25, -0.2) is 9.97 Å². The van der Waals surface area contributed by atoms with E-state index in [0.717, 1.165) is 17.6 Å². The van der Waals surface area contributed by atoms with Gasteiger partial charge in [-0.2, -0.15) is 0 Å². The maximum atomic E-state index is 4.24. The van der Waals surface area contributed by atoms with Gasteiger partial charge in [-0.05, 0) is 18.1 Å². The van der Waals surface area contributed by atoms with Gasteiger partial charge in [0.15, 0.2) is 5.65 Å². The third-order valence-electron chi connectivity index (χ3n) is 2.05. The zero-order chi connectivity index (χ0) is 8.55. The van der Waals surface area contributed by atoms with E-state index in [4.69, 9.17) is 0 Å². The zero-order valence-electron chi connectivity index (χ0n) is 7.28. The molecule has 2 rings (SSSR count). The molecule has 0 unspecified atom stereocenters. The van der Waals surface area contributed by atoms with E-state index in [0.29, 0.717) is 0 Å². The molecule has 3 nitrogen and oxygen atoms in total. The van der Waals surface area contributed by atoms with Crippen LogP contribution in [0.15, 0.2) is 18.6 Å². The van der Waals surface area contributed by atoms with Crippen LogP contribution in [0.1, 0.15) is 12.5 Å². The quantitative estimate of drug-likeness (QED) is 0.635. The summed E-state index contributed by atoms with van der Waals surface area (Å²) in [6.07, 6.45) is 4.70. The lowest BCUT2D eigenvalue weighted by molar-refractivity contribution is 0.946. The second kappa shape index (κ2) is 2.59. The Morgan fingerprint density at radius 1 is 1.42 bits per heavy atom. The van der Waals surface area contributed by atoms with Crippen molar-refractivity contribution in [2.45, 2.75) is 13.3 Å². The number of rotatable bonds is 1. The number of aromatic nitrogens is 3. The van der Waals surface area contributed by atoms with Gasteiger partial charge in [-0.1, -0.05) is 6.92 Å². The van der Waals surface area contributed by atoms with Gasteiger partial charge in [0, 0.05) is 13.2 Å². The second-order valence-electron chi connectivity index (χ2n) is 2.90. The highest BCUT2D eigenvalue weighted by atomic mass is 15.0. The molecule has 0 amide bonds. The van der Waals surface area contributed by atoms with Gasteiger partial charge in [0.05, 0.1) is 11.8 Å². The van der Waals surface area contributed by atoms with Gasteiger partial charge < -0.3 is 4.57 Å². The first-order chi connectivity index (χ1) is 5.81. The number of aryl methyl sites for hydroxylation is 2. The van der Waals surface area contributed by atoms with Crippen molar-refractivity contribution in [3.05, 3.63) is 24.2 Å². The molecule has 0 spiro atoms. The molecule has 2 aromatic rings. The maximum absolute atomic E-state index is 4.24. The number of hydrogen-bond acceptors (Lipinski definition) is 2. The fourth-order valence-corrected chi connectivity index (χ4v) is 1.24. The third kappa shape index (κ3) is 0.978. The summed E-state index contributed by atoms with van der Waals surface area (Å²) in [7, 11) is 1.98. The Bertz CT molecular complexity index is 403. The summed E-state index contributed by atoms with van der Waals surface area (Å²) in [4.78, 5) is 8.39. The van der Waals surface area contributed by atoms with Crippen molar-refractivity contribution in [3.8, 4) is 0 Å². The van der Waals surface area contributed by atoms with Crippen LogP contribution in [0.4, 0.5) is 0 Å². The second-order valence-corrected chi connectivity index (χ2v) is 2.90. The largest absolute Gasteiger partial charge is 0.332 e. The van der Waals surface area contributed by atoms with Gasteiger partial charge in [-0.3, -0.25) is 0 Å². The minimum absolute atomic E-state index is 0.828. The molecule has 0 aromatic carbocycles. The topological polar surface area (TPSA) is 30.7 Å². The van der Waals surface area contributed by atoms with Crippen LogP contribution in [0.5, 0.6) is 0 Å². The van der Waals surface area contributed by atoms with Crippen molar-refractivity contribution in [3.63, 3.8) is 0 Å². The van der Waals surface area contributed by atoms with Gasteiger partial charge in [0.2, 0.25) is 0 Å². The molecule has 0 atom stereocenters. The third-order valence-corrected chi connectivity index (χ3v) is 2.05. The Balaban J connectivity index is 2.71. The summed E-state index contributed by atoms with van der Waals surface area (Å²) in [5, 5.41) is 0. The first-order valence-corrected chi connectivity index (χ1v) is 4.07. The van der Waals surface area contributed by atoms with E-state index in [1.54, 1.807) is 6.33 Å². The molecule has 2 heterocycles. The zero-order valence-corrected chi connectivity index (χ0v) is 7.28. The van der Waals surface area contributed by atoms with Gasteiger partial charge >= 0.3 is 0 Å². The van der Waals surface area contributed by atoms with E-state index in [2.05, 4.69) is 23.0 Å². The van der Waals surface area contributed by atoms with Gasteiger partial charge in [0.1, 0.15) is 0 Å². The van der Waals surface area contributed by atoms with Crippen molar-refractivity contribution < 1.29 is 0 Å². The molecule has 2 aromatic heterocycles. The fourth-order valence-electron chi connectivity index (χ4n) is 1.24. The molecule has 0 saturated carbocycles. The minimum atomic E-state index is 0.828. The smallest absolute Gasteiger partial charge is 0.177 e. The Morgan fingerprint density at radius 3 is 3.00 bits per heavy atom. The van der Waals surface area contributed by atoms with Crippen LogP contribution in [0.2, 0.25) is 0 Å². The molecule has 12 heavy (non-hydrogen) atoms. The van der Waals surface area contributed by atoms with Crippen molar-refractivity contribution in [2.75, 3.05) is 0 Å². The monoisotopic (exact) mass is 161 g/mol. The van der Waals surface area contributed by atoms with Crippen LogP contribution in [-0.2, 0) is 13.5 Å². The number of fused-ring (bicyclic) bond motifs is 1. The van der Waals surface area contributed by atoms with Crippen LogP contribution in [-0.4, -0.2) is 14.5 Å². The maximum Gasteiger partial charge on any atom is 0.177 e. The first kappa shape index (κ1) is 7.28. The van der Waals surface area contributed by atoms with Crippen LogP contribution >= 0.6 is 0 Å². The summed E-state index contributed by atoms with van der Waals surface area (Å²) >= 11 is 0. The highest BCUT2D eigenvalue weighted by molar-refractivity contribution is 5.71. The standard InChI is InChI=1S/C9H11N3/c1-3-7-4-8-9(10-5-7)11-6-12(8)2/h4-6H,3H2,1-2H3. The van der Waals surface area contributed by atoms with Gasteiger partial charge in [-0.15, -0.1) is 0 Å². The summed E-state index contributed by atoms with van der Waals surface area (Å²) in [5.74, 6) is 0. The summed E-state index contributed by atoms with van der Waals surface area (Å²) in [5.41, 5.74) is 3.19. The highest BCUT2D eigenvalue weighted by Crippen LogP contribution is 2.10. The van der Waals surface area contributed by atoms with E-state index in [1.165, 1.54) is 5.56 Å². The van der Waals surface area contributed by atoms with Crippen molar-refractivity contribution >= 4 is 11.2 Å². The average Bonchev–Trinajstić information content (AvgIpc) is 2.47. The van der Waals surface area contributed by atoms with Crippen LogP contribution in [0.3, 0.4) is 0 Å². The van der Waals surface area contributed by atoms with Crippen molar-refractivity contribution in [1.29, 1.82) is 0 Å². The molecule has 3 heteroatoms. The number of hydrogen-bond donors (Lipinski definition) is 0. The predicted octanol–water partition coefficient (Wildman–Crippen LogP) is 1.53. The SMILES string of the molecule is CCc1cnc2ncn(C)c2c1. The molecule has 0 N–H and O–H groups in total. The normalized spacial score (nSPS) is 10.8. The lowest BCUT2D eigenvalue weighted by Crippen LogP contribution is -1.88. The molecular formula is C9H11N3. The van der Waals surface area contributed by atoms with Crippen molar-refractivity contribution in [1.82, 2.24) is 14.5 Å². The molecule has 0 aliphatic heterocycles. The van der Waals surface area contributed by atoms with E-state index in [1.807, 2.05) is 17.8 Å². The van der Waals surface area contributed by atoms with Crippen molar-refractivity contribution in [2.24, 2.45) is 7.05 Å². The number of nitrogens with zero attached hydrogens (tertiary/aromatic N) is 3. The first-order valence-electron chi connectivity index (χ1n) is 4.07. The summed E-state index contributed by atoms with van der Waals surface area (Å²) in [6.45, 7) is 2.12. The Morgan fingerprint density at radius 2 is 2.25 bits per heavy atom. The molecular weight excluding hydrogens is 150 g/mol. The summed E-state index contributed by atoms with van der Waals surface area (Å²) in [6, 6.07) is 2.13. The summed E-state index contributed by atoms with van der Waals surface area (Å²) < 4.78 is 1.99. The Labute approximate surface area is 71.1 Å². The lowest BCUT2D eigenvalue weighted by atomic mass is 10.2. The molecule has 0 bridgehead atoms. The molecule has 62 valence electrons. The van der Waals surface area contributed by atoms with E-state index in [-0.39, 0.29) is 0 Å². The van der Waals surface area contributed by atoms with E-state index >= 15 is 0 Å². The van der Waals surface area contributed by atoms with E-state index < -0.39 is 0 Å². The molecule has 0 fully saturated rings. The Hall–Kier alpha value is -1.38. The number of pyridine rings is 1. The minimum Gasteiger partial charge on any atom is -0.332 e. The van der Waals surface area contributed by atoms with Crippen LogP contribution in [0, 0.1) is 0 Å². The molecule has 0 radical (unpaired) electrons.